The van der Waals surface area contributed by atoms with Crippen LogP contribution < -0.4 is 10.8 Å². The van der Waals surface area contributed by atoms with Gasteiger partial charge in [0.15, 0.2) is 0 Å². The van der Waals surface area contributed by atoms with E-state index in [4.69, 9.17) is 21.5 Å². The van der Waals surface area contributed by atoms with Crippen LogP contribution in [0.2, 0.25) is 5.02 Å². The molecule has 0 bridgehead atoms. The molecule has 3 aromatic rings. The number of hydrogen-bond acceptors (Lipinski definition) is 6. The molecule has 0 atom stereocenters. The lowest BCUT2D eigenvalue weighted by Gasteiger charge is -2.10. The third-order valence-electron chi connectivity index (χ3n) is 3.31. The number of aliphatic hydroxyl groups is 1. The maximum atomic E-state index is 14.2. The van der Waals surface area contributed by atoms with Crippen LogP contribution in [0.5, 0.6) is 0 Å². The van der Waals surface area contributed by atoms with Gasteiger partial charge in [-0.3, -0.25) is 14.6 Å². The number of carbonyl (C=O) groups is 1. The molecule has 26 heavy (non-hydrogen) atoms. The number of pyridine rings is 1. The highest BCUT2D eigenvalue weighted by molar-refractivity contribution is 14.1. The summed E-state index contributed by atoms with van der Waals surface area (Å²) in [6.07, 6.45) is 3.02. The first-order chi connectivity index (χ1) is 12.5. The van der Waals surface area contributed by atoms with Gasteiger partial charge in [0.2, 0.25) is 0 Å². The van der Waals surface area contributed by atoms with E-state index in [-0.39, 0.29) is 23.8 Å². The summed E-state index contributed by atoms with van der Waals surface area (Å²) >= 11 is 9.32. The van der Waals surface area contributed by atoms with Crippen LogP contribution in [0.1, 0.15) is 9.67 Å². The van der Waals surface area contributed by atoms with Crippen molar-refractivity contribution in [3.63, 3.8) is 0 Å². The number of anilines is 2. The first-order valence-electron chi connectivity index (χ1n) is 7.32. The molecule has 2 aromatic heterocycles. The number of nitrogens with zero attached hydrogens (tertiary/aromatic N) is 1. The van der Waals surface area contributed by atoms with Crippen molar-refractivity contribution >= 4 is 72.9 Å². The van der Waals surface area contributed by atoms with Crippen LogP contribution in [-0.4, -0.2) is 29.2 Å². The Balaban J connectivity index is 2.04. The van der Waals surface area contributed by atoms with Gasteiger partial charge in [-0.1, -0.05) is 11.6 Å². The molecule has 0 unspecified atom stereocenters. The average molecular weight is 508 g/mol. The molecule has 6 nitrogen and oxygen atoms in total. The Bertz CT molecular complexity index is 969. The predicted molar refractivity (Wildman–Crippen MR) is 108 cm³/mol. The lowest BCUT2D eigenvalue weighted by atomic mass is 10.2. The summed E-state index contributed by atoms with van der Waals surface area (Å²) in [5.41, 5.74) is 2.84. The highest BCUT2D eigenvalue weighted by Crippen LogP contribution is 2.40. The van der Waals surface area contributed by atoms with Gasteiger partial charge in [0, 0.05) is 21.4 Å². The Morgan fingerprint density at radius 1 is 1.42 bits per heavy atom. The van der Waals surface area contributed by atoms with Crippen LogP contribution in [-0.2, 0) is 4.84 Å². The second-order valence-electron chi connectivity index (χ2n) is 5.06. The fraction of sp³-hybridized carbons (Fsp3) is 0.125. The number of carbonyl (C=O) groups excluding carboxylic acids is 1. The molecule has 0 spiro atoms. The van der Waals surface area contributed by atoms with Crippen molar-refractivity contribution in [1.82, 2.24) is 10.5 Å². The molecule has 0 saturated heterocycles. The number of nitrogens with one attached hydrogen (secondary N) is 2. The highest BCUT2D eigenvalue weighted by atomic mass is 127. The molecule has 0 fully saturated rings. The van der Waals surface area contributed by atoms with Crippen LogP contribution in [0, 0.1) is 9.39 Å². The Kier molecular flexibility index (Phi) is 6.24. The van der Waals surface area contributed by atoms with E-state index < -0.39 is 11.7 Å². The number of fused-ring (bicyclic) bond motifs is 1. The number of halogens is 3. The van der Waals surface area contributed by atoms with E-state index in [0.717, 1.165) is 14.9 Å². The Labute approximate surface area is 170 Å². The van der Waals surface area contributed by atoms with Crippen molar-refractivity contribution in [2.45, 2.75) is 0 Å². The van der Waals surface area contributed by atoms with E-state index in [1.165, 1.54) is 12.3 Å². The molecular weight excluding hydrogens is 496 g/mol. The summed E-state index contributed by atoms with van der Waals surface area (Å²) in [6, 6.07) is 4.71. The molecule has 1 amide bonds. The van der Waals surface area contributed by atoms with E-state index in [9.17, 15) is 9.18 Å². The van der Waals surface area contributed by atoms with Crippen LogP contribution >= 0.6 is 45.5 Å². The lowest BCUT2D eigenvalue weighted by Crippen LogP contribution is -2.24. The summed E-state index contributed by atoms with van der Waals surface area (Å²) < 4.78 is 15.6. The molecule has 2 heterocycles. The minimum absolute atomic E-state index is 0.0482. The van der Waals surface area contributed by atoms with Crippen LogP contribution in [0.25, 0.3) is 10.1 Å². The standard InChI is InChI=1S/C16H12ClFIN3O3S/c17-10-7-20-6-9-13(21-12-2-1-8(19)5-11(12)18)15(26-14(9)10)16(24)22-25-4-3-23/h1-2,5-7,21,23H,3-4H2,(H,22,24). The van der Waals surface area contributed by atoms with Gasteiger partial charge in [-0.25, -0.2) is 9.87 Å². The quantitative estimate of drug-likeness (QED) is 0.266. The second-order valence-corrected chi connectivity index (χ2v) is 7.73. The fourth-order valence-corrected chi connectivity index (χ4v) is 3.94. The second kappa shape index (κ2) is 8.44. The summed E-state index contributed by atoms with van der Waals surface area (Å²) in [5.74, 6) is -0.988. The minimum atomic E-state index is -0.538. The largest absolute Gasteiger partial charge is 0.394 e. The highest BCUT2D eigenvalue weighted by Gasteiger charge is 2.21. The van der Waals surface area contributed by atoms with Crippen molar-refractivity contribution in [1.29, 1.82) is 0 Å². The van der Waals surface area contributed by atoms with E-state index in [1.54, 1.807) is 18.3 Å². The number of aromatic nitrogens is 1. The van der Waals surface area contributed by atoms with E-state index in [0.29, 0.717) is 20.8 Å². The van der Waals surface area contributed by atoms with Crippen LogP contribution in [0.3, 0.4) is 0 Å². The maximum absolute atomic E-state index is 14.2. The first kappa shape index (κ1) is 19.2. The number of benzene rings is 1. The average Bonchev–Trinajstić information content (AvgIpc) is 2.98. The molecule has 0 aliphatic rings. The maximum Gasteiger partial charge on any atom is 0.287 e. The Hall–Kier alpha value is -1.53. The minimum Gasteiger partial charge on any atom is -0.394 e. The molecule has 0 saturated carbocycles. The molecule has 3 rings (SSSR count). The van der Waals surface area contributed by atoms with Gasteiger partial charge in [-0.2, -0.15) is 0 Å². The van der Waals surface area contributed by atoms with Crippen molar-refractivity contribution in [2.75, 3.05) is 18.5 Å². The first-order valence-corrected chi connectivity index (χ1v) is 9.59. The molecule has 0 aliphatic carbocycles. The van der Waals surface area contributed by atoms with Gasteiger partial charge in [0.25, 0.3) is 5.91 Å². The zero-order valence-electron chi connectivity index (χ0n) is 13.1. The molecular formula is C16H12ClFIN3O3S. The summed E-state index contributed by atoms with van der Waals surface area (Å²) in [6.45, 7) is -0.283. The van der Waals surface area contributed by atoms with Gasteiger partial charge < -0.3 is 10.4 Å². The number of rotatable bonds is 6. The van der Waals surface area contributed by atoms with Gasteiger partial charge in [0.1, 0.15) is 10.7 Å². The third-order valence-corrected chi connectivity index (χ3v) is 5.62. The molecule has 3 N–H and O–H groups in total. The number of amides is 1. The summed E-state index contributed by atoms with van der Waals surface area (Å²) in [7, 11) is 0. The van der Waals surface area contributed by atoms with E-state index in [2.05, 4.69) is 15.8 Å². The van der Waals surface area contributed by atoms with Crippen molar-refractivity contribution in [3.05, 3.63) is 49.9 Å². The van der Waals surface area contributed by atoms with Crippen LogP contribution in [0.4, 0.5) is 15.8 Å². The van der Waals surface area contributed by atoms with Gasteiger partial charge in [-0.15, -0.1) is 11.3 Å². The van der Waals surface area contributed by atoms with E-state index in [1.807, 2.05) is 22.6 Å². The number of thiophene rings is 1. The van der Waals surface area contributed by atoms with Crippen molar-refractivity contribution in [2.24, 2.45) is 0 Å². The molecule has 136 valence electrons. The SMILES string of the molecule is O=C(NOCCO)c1sc2c(Cl)cncc2c1Nc1ccc(I)cc1F. The zero-order chi connectivity index (χ0) is 18.7. The molecule has 10 heteroatoms. The van der Waals surface area contributed by atoms with Gasteiger partial charge in [0.05, 0.1) is 34.3 Å². The molecule has 1 aromatic carbocycles. The Morgan fingerprint density at radius 2 is 2.23 bits per heavy atom. The lowest BCUT2D eigenvalue weighted by molar-refractivity contribution is 0.0172. The smallest absolute Gasteiger partial charge is 0.287 e. The topological polar surface area (TPSA) is 83.5 Å². The predicted octanol–water partition coefficient (Wildman–Crippen LogP) is 4.09. The third kappa shape index (κ3) is 4.07. The Morgan fingerprint density at radius 3 is 2.96 bits per heavy atom. The molecule has 0 aliphatic heterocycles. The zero-order valence-corrected chi connectivity index (χ0v) is 16.8. The summed E-state index contributed by atoms with van der Waals surface area (Å²) in [4.78, 5) is 21.6. The van der Waals surface area contributed by atoms with Crippen molar-refractivity contribution in [3.8, 4) is 0 Å². The van der Waals surface area contributed by atoms with Gasteiger partial charge in [-0.05, 0) is 40.8 Å². The normalized spacial score (nSPS) is 10.9. The van der Waals surface area contributed by atoms with Crippen LogP contribution in [0.15, 0.2) is 30.6 Å². The van der Waals surface area contributed by atoms with Crippen molar-refractivity contribution < 1.29 is 19.1 Å². The van der Waals surface area contributed by atoms with Gasteiger partial charge >= 0.3 is 0 Å². The van der Waals surface area contributed by atoms with E-state index >= 15 is 0 Å². The number of hydrogen-bond donors (Lipinski definition) is 3. The molecule has 0 radical (unpaired) electrons. The summed E-state index contributed by atoms with van der Waals surface area (Å²) in [5, 5.41) is 12.7. The monoisotopic (exact) mass is 507 g/mol. The fourth-order valence-electron chi connectivity index (χ4n) is 2.20. The number of hydroxylamine groups is 1. The number of aliphatic hydroxyl groups excluding tert-OH is 1.